The fourth-order valence-electron chi connectivity index (χ4n) is 2.95. The summed E-state index contributed by atoms with van der Waals surface area (Å²) in [5.41, 5.74) is -0.409. The second kappa shape index (κ2) is 8.54. The number of aliphatic hydroxyl groups is 1. The van der Waals surface area contributed by atoms with E-state index >= 15 is 0 Å². The predicted molar refractivity (Wildman–Crippen MR) is 96.7 cm³/mol. The first-order valence-corrected chi connectivity index (χ1v) is 9.12. The molecule has 0 aliphatic carbocycles. The third-order valence-electron chi connectivity index (χ3n) is 4.98. The number of alkyl halides is 3. The molecule has 1 N–H and O–H groups in total. The Balaban J connectivity index is 0.00000151. The van der Waals surface area contributed by atoms with Crippen molar-refractivity contribution in [2.24, 2.45) is 0 Å². The van der Waals surface area contributed by atoms with Gasteiger partial charge in [-0.3, -0.25) is 0 Å². The summed E-state index contributed by atoms with van der Waals surface area (Å²) in [5, 5.41) is 9.97. The molecular formula is C20H32F3NO. The number of halogens is 3. The van der Waals surface area contributed by atoms with Gasteiger partial charge >= 0.3 is 6.18 Å². The lowest BCUT2D eigenvalue weighted by Gasteiger charge is -2.37. The Morgan fingerprint density at radius 2 is 1.44 bits per heavy atom. The summed E-state index contributed by atoms with van der Waals surface area (Å²) in [4.78, 5) is 2.32. The van der Waals surface area contributed by atoms with Crippen LogP contribution < -0.4 is 0 Å². The number of likely N-dealkylation sites (tertiary alicyclic amines) is 1. The number of nitrogens with zero attached hydrogens (tertiary/aromatic N) is 1. The van der Waals surface area contributed by atoms with Crippen LogP contribution in [0.3, 0.4) is 0 Å². The van der Waals surface area contributed by atoms with Gasteiger partial charge in [-0.1, -0.05) is 39.8 Å². The molecule has 0 saturated carbocycles. The van der Waals surface area contributed by atoms with Crippen molar-refractivity contribution >= 4 is 0 Å². The third-order valence-corrected chi connectivity index (χ3v) is 4.98. The lowest BCUT2D eigenvalue weighted by molar-refractivity contribution is -0.137. The number of benzene rings is 1. The van der Waals surface area contributed by atoms with E-state index in [1.54, 1.807) is 12.1 Å². The van der Waals surface area contributed by atoms with E-state index in [0.717, 1.165) is 56.6 Å². The van der Waals surface area contributed by atoms with E-state index in [1.165, 1.54) is 0 Å². The van der Waals surface area contributed by atoms with E-state index in [-0.39, 0.29) is 5.41 Å². The predicted octanol–water partition coefficient (Wildman–Crippen LogP) is 5.25. The van der Waals surface area contributed by atoms with E-state index in [4.69, 9.17) is 0 Å². The van der Waals surface area contributed by atoms with Crippen LogP contribution in [0.25, 0.3) is 0 Å². The maximum atomic E-state index is 12.6. The van der Waals surface area contributed by atoms with Gasteiger partial charge < -0.3 is 10.0 Å². The molecule has 1 aliphatic rings. The van der Waals surface area contributed by atoms with Crippen molar-refractivity contribution in [2.45, 2.75) is 71.1 Å². The summed E-state index contributed by atoms with van der Waals surface area (Å²) in [6, 6.07) is 5.50. The molecule has 0 atom stereocenters. The van der Waals surface area contributed by atoms with Crippen molar-refractivity contribution in [2.75, 3.05) is 19.6 Å². The van der Waals surface area contributed by atoms with Gasteiger partial charge in [0.1, 0.15) is 0 Å². The Morgan fingerprint density at radius 3 is 1.88 bits per heavy atom. The first-order chi connectivity index (χ1) is 11.5. The first-order valence-electron chi connectivity index (χ1n) is 9.12. The molecule has 25 heavy (non-hydrogen) atoms. The maximum Gasteiger partial charge on any atom is 0.416 e. The van der Waals surface area contributed by atoms with E-state index in [9.17, 15) is 18.3 Å². The van der Waals surface area contributed by atoms with Crippen LogP contribution in [0.5, 0.6) is 0 Å². The molecule has 144 valence electrons. The first kappa shape index (κ1) is 22.0. The Kier molecular flexibility index (Phi) is 7.51. The summed E-state index contributed by atoms with van der Waals surface area (Å²) in [7, 11) is 0. The van der Waals surface area contributed by atoms with Crippen LogP contribution in [0.1, 0.15) is 65.0 Å². The zero-order valence-corrected chi connectivity index (χ0v) is 16.1. The lowest BCUT2D eigenvalue weighted by Crippen LogP contribution is -2.43. The number of rotatable bonds is 4. The molecule has 2 nitrogen and oxygen atoms in total. The van der Waals surface area contributed by atoms with E-state index in [0.29, 0.717) is 0 Å². The van der Waals surface area contributed by atoms with Gasteiger partial charge in [0.2, 0.25) is 0 Å². The SMILES string of the molecule is CC.CC1(O)CCN(CCC(C)(C)c2ccc(C(F)(F)F)cc2)CC1. The fourth-order valence-corrected chi connectivity index (χ4v) is 2.95. The van der Waals surface area contributed by atoms with Gasteiger partial charge in [0.05, 0.1) is 11.2 Å². The molecule has 0 unspecified atom stereocenters. The highest BCUT2D eigenvalue weighted by Crippen LogP contribution is 2.33. The molecule has 1 saturated heterocycles. The van der Waals surface area contributed by atoms with Crippen molar-refractivity contribution in [1.82, 2.24) is 4.90 Å². The highest BCUT2D eigenvalue weighted by Gasteiger charge is 2.32. The Morgan fingerprint density at radius 1 is 1.00 bits per heavy atom. The summed E-state index contributed by atoms with van der Waals surface area (Å²) >= 11 is 0. The summed E-state index contributed by atoms with van der Waals surface area (Å²) in [5.74, 6) is 0. The summed E-state index contributed by atoms with van der Waals surface area (Å²) in [6.45, 7) is 12.6. The minimum absolute atomic E-state index is 0.176. The second-order valence-electron chi connectivity index (χ2n) is 7.55. The normalized spacial score (nSPS) is 18.4. The van der Waals surface area contributed by atoms with Crippen LogP contribution in [-0.2, 0) is 11.6 Å². The molecule has 1 heterocycles. The number of hydrogen-bond donors (Lipinski definition) is 1. The summed E-state index contributed by atoms with van der Waals surface area (Å²) < 4.78 is 37.9. The van der Waals surface area contributed by atoms with Crippen LogP contribution in [0.15, 0.2) is 24.3 Å². The number of hydrogen-bond acceptors (Lipinski definition) is 2. The smallest absolute Gasteiger partial charge is 0.390 e. The molecule has 2 rings (SSSR count). The van der Waals surface area contributed by atoms with Gasteiger partial charge in [0.15, 0.2) is 0 Å². The Labute approximate surface area is 150 Å². The van der Waals surface area contributed by atoms with E-state index in [1.807, 2.05) is 20.8 Å². The van der Waals surface area contributed by atoms with Crippen LogP contribution in [0.4, 0.5) is 13.2 Å². The highest BCUT2D eigenvalue weighted by molar-refractivity contribution is 5.29. The number of piperidine rings is 1. The van der Waals surface area contributed by atoms with Crippen LogP contribution in [0.2, 0.25) is 0 Å². The van der Waals surface area contributed by atoms with Gasteiger partial charge in [-0.2, -0.15) is 13.2 Å². The highest BCUT2D eigenvalue weighted by atomic mass is 19.4. The van der Waals surface area contributed by atoms with E-state index < -0.39 is 17.3 Å². The van der Waals surface area contributed by atoms with Crippen molar-refractivity contribution in [3.63, 3.8) is 0 Å². The molecule has 0 bridgehead atoms. The Bertz CT molecular complexity index is 511. The van der Waals surface area contributed by atoms with Crippen molar-refractivity contribution in [3.05, 3.63) is 35.4 Å². The third kappa shape index (κ3) is 6.63. The fraction of sp³-hybridized carbons (Fsp3) is 0.700. The molecule has 1 fully saturated rings. The van der Waals surface area contributed by atoms with Gasteiger partial charge in [-0.25, -0.2) is 0 Å². The average molecular weight is 359 g/mol. The van der Waals surface area contributed by atoms with Gasteiger partial charge in [0.25, 0.3) is 0 Å². The second-order valence-corrected chi connectivity index (χ2v) is 7.55. The molecule has 0 spiro atoms. The standard InChI is InChI=1S/C18H26F3NO.C2H6/c1-16(2,8-11-22-12-9-17(3,23)10-13-22)14-4-6-15(7-5-14)18(19,20)21;1-2/h4-7,23H,8-13H2,1-3H3;1-2H3. The van der Waals surface area contributed by atoms with Crippen molar-refractivity contribution in [1.29, 1.82) is 0 Å². The zero-order chi connectivity index (χ0) is 19.3. The average Bonchev–Trinajstić information content (AvgIpc) is 2.55. The lowest BCUT2D eigenvalue weighted by atomic mass is 9.81. The van der Waals surface area contributed by atoms with Crippen LogP contribution in [0, 0.1) is 0 Å². The topological polar surface area (TPSA) is 23.5 Å². The summed E-state index contributed by atoms with van der Waals surface area (Å²) in [6.07, 6.45) is -1.87. The minimum atomic E-state index is -4.28. The van der Waals surface area contributed by atoms with Gasteiger partial charge in [-0.15, -0.1) is 0 Å². The molecule has 1 aliphatic heterocycles. The maximum absolute atomic E-state index is 12.6. The molecule has 5 heteroatoms. The van der Waals surface area contributed by atoms with E-state index in [2.05, 4.69) is 18.7 Å². The Hall–Kier alpha value is -1.07. The van der Waals surface area contributed by atoms with Crippen LogP contribution >= 0.6 is 0 Å². The van der Waals surface area contributed by atoms with Gasteiger partial charge in [0, 0.05) is 13.1 Å². The molecular weight excluding hydrogens is 327 g/mol. The monoisotopic (exact) mass is 359 g/mol. The molecule has 0 aromatic heterocycles. The van der Waals surface area contributed by atoms with Gasteiger partial charge in [-0.05, 0) is 55.8 Å². The largest absolute Gasteiger partial charge is 0.416 e. The minimum Gasteiger partial charge on any atom is -0.390 e. The molecule has 0 amide bonds. The molecule has 0 radical (unpaired) electrons. The molecule has 1 aromatic carbocycles. The van der Waals surface area contributed by atoms with Crippen LogP contribution in [-0.4, -0.2) is 35.2 Å². The quantitative estimate of drug-likeness (QED) is 0.794. The zero-order valence-electron chi connectivity index (χ0n) is 16.1. The van der Waals surface area contributed by atoms with Crippen molar-refractivity contribution < 1.29 is 18.3 Å². The molecule has 1 aromatic rings. The van der Waals surface area contributed by atoms with Crippen molar-refractivity contribution in [3.8, 4) is 0 Å².